The fraction of sp³-hybridized carbons (Fsp3) is 0.308. The number of amides is 1. The van der Waals surface area contributed by atoms with Gasteiger partial charge in [0.1, 0.15) is 12.3 Å². The number of nitrogens with one attached hydrogen (secondary N) is 2. The number of anilines is 1. The van der Waals surface area contributed by atoms with E-state index < -0.39 is 13.0 Å². The normalized spacial score (nSPS) is 11.2. The van der Waals surface area contributed by atoms with Crippen LogP contribution in [0.4, 0.5) is 14.5 Å². The highest BCUT2D eigenvalue weighted by atomic mass is 19.3. The number of aromatic nitrogens is 1. The van der Waals surface area contributed by atoms with Gasteiger partial charge in [0.25, 0.3) is 12.3 Å². The summed E-state index contributed by atoms with van der Waals surface area (Å²) in [6.45, 7) is -0.423. The Hall–Kier alpha value is -2.15. The van der Waals surface area contributed by atoms with Crippen molar-refractivity contribution >= 4 is 22.5 Å². The number of carbonyl (C=O) groups excluding carboxylic acids is 1. The molecule has 0 atom stereocenters. The highest BCUT2D eigenvalue weighted by Gasteiger charge is 2.10. The molecule has 7 heteroatoms. The Labute approximate surface area is 114 Å². The number of ether oxygens (including phenoxy) is 1. The smallest absolute Gasteiger partial charge is 0.267 e. The van der Waals surface area contributed by atoms with Gasteiger partial charge in [-0.1, -0.05) is 12.1 Å². The molecule has 1 heterocycles. The van der Waals surface area contributed by atoms with E-state index in [9.17, 15) is 13.6 Å². The van der Waals surface area contributed by atoms with E-state index in [0.717, 1.165) is 5.39 Å². The predicted molar refractivity (Wildman–Crippen MR) is 71.9 cm³/mol. The van der Waals surface area contributed by atoms with Gasteiger partial charge >= 0.3 is 0 Å². The maximum atomic E-state index is 11.8. The van der Waals surface area contributed by atoms with Crippen LogP contribution in [-0.4, -0.2) is 37.1 Å². The number of hydrogen-bond donors (Lipinski definition) is 3. The van der Waals surface area contributed by atoms with Crippen molar-refractivity contribution in [3.05, 3.63) is 30.0 Å². The third-order valence-corrected chi connectivity index (χ3v) is 2.71. The van der Waals surface area contributed by atoms with Crippen molar-refractivity contribution < 1.29 is 18.3 Å². The van der Waals surface area contributed by atoms with Gasteiger partial charge < -0.3 is 20.8 Å². The van der Waals surface area contributed by atoms with Crippen LogP contribution in [0.25, 0.3) is 10.9 Å². The average molecular weight is 283 g/mol. The second-order valence-corrected chi connectivity index (χ2v) is 4.22. The molecule has 2 rings (SSSR count). The number of para-hydroxylation sites is 1. The fourth-order valence-electron chi connectivity index (χ4n) is 1.81. The van der Waals surface area contributed by atoms with Gasteiger partial charge in [-0.05, 0) is 12.1 Å². The summed E-state index contributed by atoms with van der Waals surface area (Å²) in [6, 6.07) is 7.05. The second-order valence-electron chi connectivity index (χ2n) is 4.22. The number of alkyl halides is 2. The molecule has 0 saturated heterocycles. The van der Waals surface area contributed by atoms with E-state index in [1.54, 1.807) is 18.2 Å². The molecule has 4 N–H and O–H groups in total. The van der Waals surface area contributed by atoms with E-state index in [4.69, 9.17) is 5.73 Å². The largest absolute Gasteiger partial charge is 0.397 e. The topological polar surface area (TPSA) is 80.1 Å². The average Bonchev–Trinajstić information content (AvgIpc) is 2.83. The Kier molecular flexibility index (Phi) is 4.52. The summed E-state index contributed by atoms with van der Waals surface area (Å²) in [4.78, 5) is 14.8. The highest BCUT2D eigenvalue weighted by Crippen LogP contribution is 2.20. The molecule has 5 nitrogen and oxygen atoms in total. The first-order valence-electron chi connectivity index (χ1n) is 6.09. The zero-order valence-corrected chi connectivity index (χ0v) is 10.7. The number of benzene rings is 1. The van der Waals surface area contributed by atoms with E-state index >= 15 is 0 Å². The molecule has 0 radical (unpaired) electrons. The number of nitrogen functional groups attached to an aromatic ring is 1. The van der Waals surface area contributed by atoms with Gasteiger partial charge in [0.15, 0.2) is 0 Å². The number of aromatic amines is 1. The lowest BCUT2D eigenvalue weighted by Crippen LogP contribution is -2.28. The van der Waals surface area contributed by atoms with Crippen LogP contribution in [0.15, 0.2) is 24.3 Å². The van der Waals surface area contributed by atoms with Crippen LogP contribution >= 0.6 is 0 Å². The first-order valence-corrected chi connectivity index (χ1v) is 6.09. The van der Waals surface area contributed by atoms with Crippen LogP contribution in [-0.2, 0) is 4.74 Å². The monoisotopic (exact) mass is 283 g/mol. The number of hydrogen-bond acceptors (Lipinski definition) is 3. The maximum absolute atomic E-state index is 11.8. The number of H-pyrrole nitrogens is 1. The van der Waals surface area contributed by atoms with Gasteiger partial charge in [0.2, 0.25) is 0 Å². The quantitative estimate of drug-likeness (QED) is 0.558. The lowest BCUT2D eigenvalue weighted by molar-refractivity contribution is 0.0188. The summed E-state index contributed by atoms with van der Waals surface area (Å²) in [5.74, 6) is -0.332. The van der Waals surface area contributed by atoms with E-state index in [-0.39, 0.29) is 19.1 Å². The third-order valence-electron chi connectivity index (χ3n) is 2.71. The Morgan fingerprint density at radius 1 is 1.45 bits per heavy atom. The van der Waals surface area contributed by atoms with Crippen LogP contribution < -0.4 is 11.1 Å². The van der Waals surface area contributed by atoms with Crippen LogP contribution in [0.1, 0.15) is 10.5 Å². The highest BCUT2D eigenvalue weighted by molar-refractivity contribution is 6.00. The summed E-state index contributed by atoms with van der Waals surface area (Å²) in [5.41, 5.74) is 7.41. The van der Waals surface area contributed by atoms with Gasteiger partial charge in [-0.25, -0.2) is 8.78 Å². The second kappa shape index (κ2) is 6.33. The Balaban J connectivity index is 1.90. The van der Waals surface area contributed by atoms with Gasteiger partial charge in [-0.15, -0.1) is 0 Å². The lowest BCUT2D eigenvalue weighted by Gasteiger charge is -2.04. The van der Waals surface area contributed by atoms with Crippen molar-refractivity contribution in [3.8, 4) is 0 Å². The summed E-state index contributed by atoms with van der Waals surface area (Å²) < 4.78 is 28.3. The molecule has 20 heavy (non-hydrogen) atoms. The van der Waals surface area contributed by atoms with Crippen LogP contribution in [0.5, 0.6) is 0 Å². The molecule has 0 aliphatic rings. The van der Waals surface area contributed by atoms with Crippen molar-refractivity contribution in [1.29, 1.82) is 0 Å². The van der Waals surface area contributed by atoms with Crippen molar-refractivity contribution in [3.63, 3.8) is 0 Å². The molecule has 0 unspecified atom stereocenters. The van der Waals surface area contributed by atoms with Crippen LogP contribution in [0.3, 0.4) is 0 Å². The van der Waals surface area contributed by atoms with E-state index in [2.05, 4.69) is 15.0 Å². The first kappa shape index (κ1) is 14.3. The predicted octanol–water partition coefficient (Wildman–Crippen LogP) is 1.76. The third kappa shape index (κ3) is 3.45. The Bertz CT molecular complexity index is 598. The lowest BCUT2D eigenvalue weighted by atomic mass is 10.2. The molecule has 0 aliphatic heterocycles. The van der Waals surface area contributed by atoms with Crippen LogP contribution in [0, 0.1) is 0 Å². The molecule has 108 valence electrons. The molecule has 1 amide bonds. The summed E-state index contributed by atoms with van der Waals surface area (Å²) in [7, 11) is 0. The van der Waals surface area contributed by atoms with E-state index in [1.807, 2.05) is 6.07 Å². The van der Waals surface area contributed by atoms with Crippen molar-refractivity contribution in [2.45, 2.75) is 6.43 Å². The fourth-order valence-corrected chi connectivity index (χ4v) is 1.81. The number of fused-ring (bicyclic) bond motifs is 1. The van der Waals surface area contributed by atoms with Gasteiger partial charge in [0, 0.05) is 11.9 Å². The molecule has 0 saturated carbocycles. The number of rotatable bonds is 6. The molecule has 0 fully saturated rings. The maximum Gasteiger partial charge on any atom is 0.267 e. The molecule has 2 aromatic rings. The van der Waals surface area contributed by atoms with Crippen molar-refractivity contribution in [1.82, 2.24) is 10.3 Å². The molecule has 0 spiro atoms. The molecular weight excluding hydrogens is 268 g/mol. The standard InChI is InChI=1S/C13H15F2N3O2/c14-11(15)7-20-5-4-17-13(19)10-6-8-2-1-3-9(16)12(8)18-10/h1-3,6,11,18H,4-5,7,16H2,(H,17,19). The Morgan fingerprint density at radius 3 is 2.95 bits per heavy atom. The van der Waals surface area contributed by atoms with Gasteiger partial charge in [-0.3, -0.25) is 4.79 Å². The van der Waals surface area contributed by atoms with Crippen LogP contribution in [0.2, 0.25) is 0 Å². The molecule has 0 aliphatic carbocycles. The summed E-state index contributed by atoms with van der Waals surface area (Å²) >= 11 is 0. The molecule has 1 aromatic carbocycles. The van der Waals surface area contributed by atoms with E-state index in [0.29, 0.717) is 16.9 Å². The molecular formula is C13H15F2N3O2. The number of nitrogens with two attached hydrogens (primary N) is 1. The summed E-state index contributed by atoms with van der Waals surface area (Å²) in [5, 5.41) is 3.41. The minimum absolute atomic E-state index is 0.0401. The van der Waals surface area contributed by atoms with Gasteiger partial charge in [0.05, 0.1) is 17.8 Å². The zero-order chi connectivity index (χ0) is 14.5. The number of carbonyl (C=O) groups is 1. The van der Waals surface area contributed by atoms with Crippen molar-refractivity contribution in [2.24, 2.45) is 0 Å². The SMILES string of the molecule is Nc1cccc2cc(C(=O)NCCOCC(F)F)[nH]c12. The minimum Gasteiger partial charge on any atom is -0.397 e. The van der Waals surface area contributed by atoms with Crippen molar-refractivity contribution in [2.75, 3.05) is 25.5 Å². The Morgan fingerprint density at radius 2 is 2.25 bits per heavy atom. The first-order chi connectivity index (χ1) is 9.58. The molecule has 1 aromatic heterocycles. The zero-order valence-electron chi connectivity index (χ0n) is 10.7. The molecule has 0 bridgehead atoms. The minimum atomic E-state index is -2.50. The summed E-state index contributed by atoms with van der Waals surface area (Å²) in [6.07, 6.45) is -2.50. The van der Waals surface area contributed by atoms with E-state index in [1.165, 1.54) is 0 Å². The number of halogens is 2. The van der Waals surface area contributed by atoms with Gasteiger partial charge in [-0.2, -0.15) is 0 Å².